The van der Waals surface area contributed by atoms with E-state index >= 15 is 0 Å². The third-order valence-electron chi connectivity index (χ3n) is 1.75. The molecule has 0 fully saturated rings. The number of hydrogen-bond donors (Lipinski definition) is 2. The molecule has 0 aliphatic rings. The Morgan fingerprint density at radius 3 is 3.00 bits per heavy atom. The Morgan fingerprint density at radius 1 is 1.53 bits per heavy atom. The van der Waals surface area contributed by atoms with E-state index < -0.39 is 0 Å². The van der Waals surface area contributed by atoms with Crippen molar-refractivity contribution in [2.24, 2.45) is 0 Å². The average Bonchev–Trinajstić information content (AvgIpc) is 2.18. The largest absolute Gasteiger partial charge is 0.355 e. The monoisotopic (exact) mass is 211 g/mol. The number of nitrogens with one attached hydrogen (secondary N) is 2. The molecule has 0 saturated carbocycles. The summed E-state index contributed by atoms with van der Waals surface area (Å²) in [6.45, 7) is 3.13. The Balaban J connectivity index is 2.28. The highest BCUT2D eigenvalue weighted by molar-refractivity contribution is 5.77. The Hall–Kier alpha value is -1.49. The Labute approximate surface area is 87.9 Å². The van der Waals surface area contributed by atoms with Crippen molar-refractivity contribution < 1.29 is 9.18 Å². The highest BCUT2D eigenvalue weighted by Crippen LogP contribution is 1.99. The summed E-state index contributed by atoms with van der Waals surface area (Å²) in [5.74, 6) is -0.436. The third kappa shape index (κ3) is 4.51. The lowest BCUT2D eigenvalue weighted by atomic mass is 10.3. The molecule has 1 amide bonds. The number of carbonyl (C=O) groups is 1. The molecule has 0 aliphatic heterocycles. The van der Waals surface area contributed by atoms with Crippen molar-refractivity contribution in [2.75, 3.05) is 13.1 Å². The normalized spacial score (nSPS) is 10.0. The summed E-state index contributed by atoms with van der Waals surface area (Å²) in [4.78, 5) is 14.7. The number of aromatic nitrogens is 1. The van der Waals surface area contributed by atoms with Crippen molar-refractivity contribution >= 4 is 5.91 Å². The van der Waals surface area contributed by atoms with Crippen LogP contribution in [-0.2, 0) is 11.3 Å². The van der Waals surface area contributed by atoms with E-state index in [2.05, 4.69) is 15.6 Å². The summed E-state index contributed by atoms with van der Waals surface area (Å²) in [5.41, 5.74) is 0.722. The molecule has 0 saturated heterocycles. The van der Waals surface area contributed by atoms with Gasteiger partial charge in [-0.1, -0.05) is 0 Å². The molecule has 2 N–H and O–H groups in total. The summed E-state index contributed by atoms with van der Waals surface area (Å²) in [6.07, 6.45) is 2.71. The van der Waals surface area contributed by atoms with E-state index in [4.69, 9.17) is 0 Å². The molecule has 1 aromatic rings. The molecule has 0 aliphatic carbocycles. The van der Waals surface area contributed by atoms with Crippen LogP contribution in [0.2, 0.25) is 0 Å². The van der Waals surface area contributed by atoms with Crippen molar-refractivity contribution in [3.8, 4) is 0 Å². The van der Waals surface area contributed by atoms with E-state index in [-0.39, 0.29) is 18.3 Å². The van der Waals surface area contributed by atoms with E-state index in [1.165, 1.54) is 6.07 Å². The first-order chi connectivity index (χ1) is 7.22. The zero-order chi connectivity index (χ0) is 11.1. The maximum Gasteiger partial charge on any atom is 0.233 e. The quantitative estimate of drug-likeness (QED) is 0.743. The molecule has 1 rings (SSSR count). The lowest BCUT2D eigenvalue weighted by Crippen LogP contribution is -2.33. The lowest BCUT2D eigenvalue weighted by molar-refractivity contribution is -0.120. The Kier molecular flexibility index (Phi) is 4.70. The first-order valence-electron chi connectivity index (χ1n) is 4.79. The number of nitrogens with zero attached hydrogens (tertiary/aromatic N) is 1. The zero-order valence-corrected chi connectivity index (χ0v) is 8.59. The fourth-order valence-electron chi connectivity index (χ4n) is 1.13. The zero-order valence-electron chi connectivity index (χ0n) is 8.59. The maximum atomic E-state index is 12.7. The summed E-state index contributed by atoms with van der Waals surface area (Å²) in [5, 5.41) is 5.55. The molecule has 15 heavy (non-hydrogen) atoms. The minimum Gasteiger partial charge on any atom is -0.355 e. The van der Waals surface area contributed by atoms with E-state index in [1.807, 2.05) is 6.92 Å². The van der Waals surface area contributed by atoms with Crippen molar-refractivity contribution in [3.05, 3.63) is 29.8 Å². The van der Waals surface area contributed by atoms with Gasteiger partial charge in [-0.05, 0) is 18.6 Å². The second-order valence-corrected chi connectivity index (χ2v) is 3.07. The van der Waals surface area contributed by atoms with Gasteiger partial charge in [-0.3, -0.25) is 9.78 Å². The van der Waals surface area contributed by atoms with Gasteiger partial charge in [-0.2, -0.15) is 0 Å². The summed E-state index contributed by atoms with van der Waals surface area (Å²) >= 11 is 0. The fraction of sp³-hybridized carbons (Fsp3) is 0.400. The molecule has 5 heteroatoms. The van der Waals surface area contributed by atoms with Crippen LogP contribution in [0.15, 0.2) is 18.5 Å². The minimum absolute atomic E-state index is 0.0677. The van der Waals surface area contributed by atoms with Gasteiger partial charge in [0.1, 0.15) is 5.82 Å². The number of amides is 1. The highest BCUT2D eigenvalue weighted by Gasteiger charge is 1.99. The molecule has 1 aromatic heterocycles. The van der Waals surface area contributed by atoms with Crippen LogP contribution in [0.5, 0.6) is 0 Å². The molecule has 4 nitrogen and oxygen atoms in total. The van der Waals surface area contributed by atoms with Crippen LogP contribution >= 0.6 is 0 Å². The molecule has 0 atom stereocenters. The molecule has 0 spiro atoms. The number of carbonyl (C=O) groups excluding carboxylic acids is 1. The van der Waals surface area contributed by atoms with Crippen LogP contribution in [-0.4, -0.2) is 24.0 Å². The van der Waals surface area contributed by atoms with E-state index in [0.29, 0.717) is 13.1 Å². The van der Waals surface area contributed by atoms with Crippen molar-refractivity contribution in [2.45, 2.75) is 13.5 Å². The second-order valence-electron chi connectivity index (χ2n) is 3.07. The van der Waals surface area contributed by atoms with Crippen LogP contribution < -0.4 is 10.6 Å². The van der Waals surface area contributed by atoms with Crippen LogP contribution in [0.25, 0.3) is 0 Å². The molecular formula is C10H14FN3O. The average molecular weight is 211 g/mol. The Bertz CT molecular complexity index is 330. The Morgan fingerprint density at radius 2 is 2.33 bits per heavy atom. The van der Waals surface area contributed by atoms with Crippen molar-refractivity contribution in [1.29, 1.82) is 0 Å². The molecule has 0 radical (unpaired) electrons. The number of pyridine rings is 1. The van der Waals surface area contributed by atoms with Gasteiger partial charge in [0.25, 0.3) is 0 Å². The molecule has 82 valence electrons. The SMILES string of the molecule is CCNC(=O)CNCc1cncc(F)c1. The minimum atomic E-state index is -0.368. The van der Waals surface area contributed by atoms with Gasteiger partial charge in [0.05, 0.1) is 12.7 Å². The van der Waals surface area contributed by atoms with Crippen molar-refractivity contribution in [1.82, 2.24) is 15.6 Å². The van der Waals surface area contributed by atoms with E-state index in [1.54, 1.807) is 6.20 Å². The van der Waals surface area contributed by atoms with Gasteiger partial charge in [0.2, 0.25) is 5.91 Å². The van der Waals surface area contributed by atoms with Crippen LogP contribution in [0.3, 0.4) is 0 Å². The number of halogens is 1. The van der Waals surface area contributed by atoms with Gasteiger partial charge >= 0.3 is 0 Å². The highest BCUT2D eigenvalue weighted by atomic mass is 19.1. The predicted molar refractivity (Wildman–Crippen MR) is 54.6 cm³/mol. The number of hydrogen-bond acceptors (Lipinski definition) is 3. The first kappa shape index (κ1) is 11.6. The molecule has 0 bridgehead atoms. The predicted octanol–water partition coefficient (Wildman–Crippen LogP) is 0.446. The maximum absolute atomic E-state index is 12.7. The molecule has 1 heterocycles. The smallest absolute Gasteiger partial charge is 0.233 e. The second kappa shape index (κ2) is 6.08. The van der Waals surface area contributed by atoms with Gasteiger partial charge in [0.15, 0.2) is 0 Å². The number of likely N-dealkylation sites (N-methyl/N-ethyl adjacent to an activating group) is 1. The van der Waals surface area contributed by atoms with E-state index in [0.717, 1.165) is 11.8 Å². The van der Waals surface area contributed by atoms with Gasteiger partial charge < -0.3 is 10.6 Å². The molecule has 0 aromatic carbocycles. The molecular weight excluding hydrogens is 197 g/mol. The standard InChI is InChI=1S/C10H14FN3O/c1-2-14-10(15)7-13-5-8-3-9(11)6-12-4-8/h3-4,6,13H,2,5,7H2,1H3,(H,14,15). The summed E-state index contributed by atoms with van der Waals surface area (Å²) in [7, 11) is 0. The van der Waals surface area contributed by atoms with Crippen LogP contribution in [0.4, 0.5) is 4.39 Å². The third-order valence-corrected chi connectivity index (χ3v) is 1.75. The fourth-order valence-corrected chi connectivity index (χ4v) is 1.13. The van der Waals surface area contributed by atoms with E-state index in [9.17, 15) is 9.18 Å². The van der Waals surface area contributed by atoms with Crippen LogP contribution in [0.1, 0.15) is 12.5 Å². The van der Waals surface area contributed by atoms with Gasteiger partial charge in [0, 0.05) is 19.3 Å². The summed E-state index contributed by atoms with van der Waals surface area (Å²) < 4.78 is 12.7. The van der Waals surface area contributed by atoms with Crippen molar-refractivity contribution in [3.63, 3.8) is 0 Å². The summed E-state index contributed by atoms with van der Waals surface area (Å²) in [6, 6.07) is 1.39. The number of rotatable bonds is 5. The van der Waals surface area contributed by atoms with Gasteiger partial charge in [-0.15, -0.1) is 0 Å². The van der Waals surface area contributed by atoms with Gasteiger partial charge in [-0.25, -0.2) is 4.39 Å². The lowest BCUT2D eigenvalue weighted by Gasteiger charge is -2.04. The molecule has 0 unspecified atom stereocenters. The van der Waals surface area contributed by atoms with Crippen LogP contribution in [0, 0.1) is 5.82 Å². The first-order valence-corrected chi connectivity index (χ1v) is 4.79. The topological polar surface area (TPSA) is 54.0 Å².